The molecule has 3 aromatic rings. The molecule has 0 saturated heterocycles. The second-order valence-electron chi connectivity index (χ2n) is 6.96. The Hall–Kier alpha value is -2.96. The highest BCUT2D eigenvalue weighted by molar-refractivity contribution is 5.78. The number of imidazole rings is 1. The molecule has 4 heterocycles. The number of hydrogen-bond donors (Lipinski definition) is 1. The zero-order valence-corrected chi connectivity index (χ0v) is 14.8. The lowest BCUT2D eigenvalue weighted by Crippen LogP contribution is -2.37. The molecule has 1 aliphatic heterocycles. The summed E-state index contributed by atoms with van der Waals surface area (Å²) < 4.78 is 3.56. The molecule has 26 heavy (non-hydrogen) atoms. The molecule has 134 valence electrons. The highest BCUT2D eigenvalue weighted by atomic mass is 16.2. The van der Waals surface area contributed by atoms with Gasteiger partial charge >= 0.3 is 0 Å². The summed E-state index contributed by atoms with van der Waals surface area (Å²) in [7, 11) is 0. The number of nitrogens with one attached hydrogen (secondary N) is 1. The maximum atomic E-state index is 12.6. The largest absolute Gasteiger partial charge is 0.350 e. The number of rotatable bonds is 3. The van der Waals surface area contributed by atoms with Crippen molar-refractivity contribution in [3.8, 4) is 0 Å². The Bertz CT molecular complexity index is 1040. The minimum atomic E-state index is -0.148. The lowest BCUT2D eigenvalue weighted by atomic mass is 9.91. The Morgan fingerprint density at radius 1 is 1.35 bits per heavy atom. The van der Waals surface area contributed by atoms with E-state index in [4.69, 9.17) is 0 Å². The number of amides is 1. The SMILES string of the molecule is Cc1cn2c(n1)[C@H](C)C[C@H](C(=O)NCc1cc(=O)n3ccccc3n1)C2. The van der Waals surface area contributed by atoms with Crippen LogP contribution in [0.15, 0.2) is 41.5 Å². The number of carbonyl (C=O) groups is 1. The van der Waals surface area contributed by atoms with E-state index in [-0.39, 0.29) is 29.8 Å². The van der Waals surface area contributed by atoms with E-state index in [9.17, 15) is 9.59 Å². The van der Waals surface area contributed by atoms with E-state index in [0.29, 0.717) is 17.9 Å². The van der Waals surface area contributed by atoms with Crippen molar-refractivity contribution in [2.24, 2.45) is 5.92 Å². The normalized spacial score (nSPS) is 19.3. The Labute approximate surface area is 150 Å². The fourth-order valence-electron chi connectivity index (χ4n) is 3.65. The van der Waals surface area contributed by atoms with Crippen LogP contribution in [-0.4, -0.2) is 24.8 Å². The van der Waals surface area contributed by atoms with Crippen LogP contribution in [0.3, 0.4) is 0 Å². The van der Waals surface area contributed by atoms with E-state index in [2.05, 4.69) is 26.8 Å². The second-order valence-corrected chi connectivity index (χ2v) is 6.96. The third-order valence-corrected chi connectivity index (χ3v) is 4.86. The van der Waals surface area contributed by atoms with Crippen LogP contribution < -0.4 is 10.9 Å². The lowest BCUT2D eigenvalue weighted by Gasteiger charge is -2.27. The molecular formula is C19H21N5O2. The summed E-state index contributed by atoms with van der Waals surface area (Å²) in [4.78, 5) is 33.7. The van der Waals surface area contributed by atoms with Crippen LogP contribution in [0.2, 0.25) is 0 Å². The molecule has 2 atom stereocenters. The zero-order valence-electron chi connectivity index (χ0n) is 14.8. The van der Waals surface area contributed by atoms with E-state index in [1.807, 2.05) is 19.2 Å². The molecule has 0 spiro atoms. The molecule has 1 amide bonds. The van der Waals surface area contributed by atoms with Gasteiger partial charge in [-0.2, -0.15) is 0 Å². The molecule has 3 aromatic heterocycles. The number of aryl methyl sites for hydroxylation is 1. The van der Waals surface area contributed by atoms with Crippen molar-refractivity contribution in [1.82, 2.24) is 24.3 Å². The van der Waals surface area contributed by atoms with Crippen molar-refractivity contribution in [3.05, 3.63) is 64.2 Å². The summed E-state index contributed by atoms with van der Waals surface area (Å²) in [6, 6.07) is 6.86. The average molecular weight is 351 g/mol. The van der Waals surface area contributed by atoms with Crippen LogP contribution in [0, 0.1) is 12.8 Å². The number of aromatic nitrogens is 4. The molecule has 0 bridgehead atoms. The van der Waals surface area contributed by atoms with Gasteiger partial charge in [-0.25, -0.2) is 9.97 Å². The van der Waals surface area contributed by atoms with Gasteiger partial charge in [0.05, 0.1) is 23.9 Å². The fraction of sp³-hybridized carbons (Fsp3) is 0.368. The Balaban J connectivity index is 1.47. The summed E-state index contributed by atoms with van der Waals surface area (Å²) in [6.45, 7) is 4.96. The number of fused-ring (bicyclic) bond motifs is 2. The minimum Gasteiger partial charge on any atom is -0.350 e. The van der Waals surface area contributed by atoms with Gasteiger partial charge in [0.15, 0.2) is 0 Å². The molecule has 0 fully saturated rings. The van der Waals surface area contributed by atoms with Gasteiger partial charge in [-0.3, -0.25) is 14.0 Å². The third kappa shape index (κ3) is 3.00. The van der Waals surface area contributed by atoms with Crippen molar-refractivity contribution in [2.45, 2.75) is 39.3 Å². The number of hydrogen-bond acceptors (Lipinski definition) is 4. The Morgan fingerprint density at radius 2 is 2.19 bits per heavy atom. The van der Waals surface area contributed by atoms with Gasteiger partial charge in [-0.05, 0) is 25.5 Å². The van der Waals surface area contributed by atoms with Gasteiger partial charge in [0.1, 0.15) is 11.5 Å². The molecule has 0 radical (unpaired) electrons. The first-order valence-corrected chi connectivity index (χ1v) is 8.80. The summed E-state index contributed by atoms with van der Waals surface area (Å²) in [5, 5.41) is 2.94. The van der Waals surface area contributed by atoms with Crippen LogP contribution in [-0.2, 0) is 17.9 Å². The Kier molecular flexibility index (Phi) is 4.06. The molecular weight excluding hydrogens is 330 g/mol. The summed E-state index contributed by atoms with van der Waals surface area (Å²) in [5.41, 5.74) is 1.98. The molecule has 1 aliphatic rings. The van der Waals surface area contributed by atoms with E-state index in [1.54, 1.807) is 18.3 Å². The van der Waals surface area contributed by atoms with E-state index < -0.39 is 0 Å². The smallest absolute Gasteiger partial charge is 0.258 e. The zero-order chi connectivity index (χ0) is 18.3. The first-order chi connectivity index (χ1) is 12.5. The monoisotopic (exact) mass is 351 g/mol. The maximum Gasteiger partial charge on any atom is 0.258 e. The highest BCUT2D eigenvalue weighted by Crippen LogP contribution is 2.30. The second kappa shape index (κ2) is 6.40. The third-order valence-electron chi connectivity index (χ3n) is 4.86. The van der Waals surface area contributed by atoms with E-state index in [1.165, 1.54) is 10.5 Å². The average Bonchev–Trinajstić information content (AvgIpc) is 3.00. The van der Waals surface area contributed by atoms with Gasteiger partial charge in [0.25, 0.3) is 5.56 Å². The van der Waals surface area contributed by atoms with Crippen molar-refractivity contribution in [2.75, 3.05) is 0 Å². The van der Waals surface area contributed by atoms with Crippen LogP contribution in [0.1, 0.15) is 36.5 Å². The standard InChI is InChI=1S/C19H21N5O2/c1-12-7-14(11-23-10-13(2)21-18(12)23)19(26)20-9-15-8-17(25)24-6-4-3-5-16(24)22-15/h3-6,8,10,12,14H,7,9,11H2,1-2H3,(H,20,26)/t12-,14+/m1/s1. The first kappa shape index (κ1) is 16.5. The van der Waals surface area contributed by atoms with Crippen molar-refractivity contribution < 1.29 is 4.79 Å². The van der Waals surface area contributed by atoms with Gasteiger partial charge in [0.2, 0.25) is 5.91 Å². The van der Waals surface area contributed by atoms with E-state index in [0.717, 1.165) is 17.9 Å². The predicted molar refractivity (Wildman–Crippen MR) is 96.8 cm³/mol. The van der Waals surface area contributed by atoms with Gasteiger partial charge < -0.3 is 9.88 Å². The van der Waals surface area contributed by atoms with E-state index >= 15 is 0 Å². The number of carbonyl (C=O) groups excluding carboxylic acids is 1. The lowest BCUT2D eigenvalue weighted by molar-refractivity contribution is -0.126. The maximum absolute atomic E-state index is 12.6. The minimum absolute atomic E-state index is 0.0103. The number of nitrogens with zero attached hydrogens (tertiary/aromatic N) is 4. The van der Waals surface area contributed by atoms with Crippen molar-refractivity contribution >= 4 is 11.6 Å². The summed E-state index contributed by atoms with van der Waals surface area (Å²) in [5.74, 6) is 1.18. The van der Waals surface area contributed by atoms with Crippen LogP contribution >= 0.6 is 0 Å². The van der Waals surface area contributed by atoms with Crippen LogP contribution in [0.4, 0.5) is 0 Å². The highest BCUT2D eigenvalue weighted by Gasteiger charge is 2.30. The molecule has 7 heteroatoms. The quantitative estimate of drug-likeness (QED) is 0.778. The molecule has 7 nitrogen and oxygen atoms in total. The van der Waals surface area contributed by atoms with Crippen molar-refractivity contribution in [1.29, 1.82) is 0 Å². The van der Waals surface area contributed by atoms with Gasteiger partial charge in [0, 0.05) is 30.9 Å². The van der Waals surface area contributed by atoms with Crippen LogP contribution in [0.25, 0.3) is 5.65 Å². The molecule has 1 N–H and O–H groups in total. The topological polar surface area (TPSA) is 81.3 Å². The van der Waals surface area contributed by atoms with Crippen molar-refractivity contribution in [3.63, 3.8) is 0 Å². The molecule has 0 unspecified atom stereocenters. The fourth-order valence-corrected chi connectivity index (χ4v) is 3.65. The van der Waals surface area contributed by atoms with Crippen LogP contribution in [0.5, 0.6) is 0 Å². The molecule has 0 saturated carbocycles. The summed E-state index contributed by atoms with van der Waals surface area (Å²) >= 11 is 0. The molecule has 0 aliphatic carbocycles. The molecule has 0 aromatic carbocycles. The molecule has 4 rings (SSSR count). The summed E-state index contributed by atoms with van der Waals surface area (Å²) in [6.07, 6.45) is 4.45. The predicted octanol–water partition coefficient (Wildman–Crippen LogP) is 1.64. The van der Waals surface area contributed by atoms with Gasteiger partial charge in [-0.15, -0.1) is 0 Å². The van der Waals surface area contributed by atoms with Gasteiger partial charge in [-0.1, -0.05) is 13.0 Å². The first-order valence-electron chi connectivity index (χ1n) is 8.80. The number of pyridine rings is 1. The Morgan fingerprint density at radius 3 is 3.04 bits per heavy atom.